The average molecular weight is 275 g/mol. The van der Waals surface area contributed by atoms with Crippen molar-refractivity contribution in [3.8, 4) is 0 Å². The largest absolute Gasteiger partial charge is 0.370 e. The van der Waals surface area contributed by atoms with Gasteiger partial charge in [-0.05, 0) is 35.6 Å². The standard InChI is InChI=1S/C9H10INO/c1-9(3-5-12-9)7-6-11-4-2-8(7)10/h2,4,6H,3,5H2,1H3. The van der Waals surface area contributed by atoms with E-state index in [4.69, 9.17) is 4.74 Å². The van der Waals surface area contributed by atoms with E-state index >= 15 is 0 Å². The van der Waals surface area contributed by atoms with E-state index in [1.807, 2.05) is 18.5 Å². The molecule has 0 aliphatic carbocycles. The number of pyridine rings is 1. The van der Waals surface area contributed by atoms with E-state index in [9.17, 15) is 0 Å². The van der Waals surface area contributed by atoms with Gasteiger partial charge < -0.3 is 4.74 Å². The Labute approximate surface area is 85.5 Å². The van der Waals surface area contributed by atoms with Gasteiger partial charge in [-0.25, -0.2) is 0 Å². The lowest BCUT2D eigenvalue weighted by atomic mass is 9.90. The minimum absolute atomic E-state index is 0.0647. The summed E-state index contributed by atoms with van der Waals surface area (Å²) in [5.41, 5.74) is 1.15. The summed E-state index contributed by atoms with van der Waals surface area (Å²) in [4.78, 5) is 4.11. The van der Waals surface area contributed by atoms with Crippen LogP contribution >= 0.6 is 22.6 Å². The van der Waals surface area contributed by atoms with Crippen molar-refractivity contribution in [2.45, 2.75) is 18.9 Å². The Balaban J connectivity index is 2.39. The highest BCUT2D eigenvalue weighted by Gasteiger charge is 2.36. The van der Waals surface area contributed by atoms with E-state index in [1.54, 1.807) is 0 Å². The van der Waals surface area contributed by atoms with Gasteiger partial charge in [-0.1, -0.05) is 0 Å². The molecular formula is C9H10INO. The number of rotatable bonds is 1. The Morgan fingerprint density at radius 2 is 2.42 bits per heavy atom. The SMILES string of the molecule is CC1(c2cnccc2I)CCO1. The average Bonchev–Trinajstić information content (AvgIpc) is 2.01. The second-order valence-electron chi connectivity index (χ2n) is 3.18. The molecule has 12 heavy (non-hydrogen) atoms. The van der Waals surface area contributed by atoms with Gasteiger partial charge in [0.2, 0.25) is 0 Å². The van der Waals surface area contributed by atoms with Crippen molar-refractivity contribution >= 4 is 22.6 Å². The van der Waals surface area contributed by atoms with E-state index in [-0.39, 0.29) is 5.60 Å². The smallest absolute Gasteiger partial charge is 0.0950 e. The molecule has 0 saturated carbocycles. The molecule has 0 amide bonds. The second-order valence-corrected chi connectivity index (χ2v) is 4.35. The number of nitrogens with zero attached hydrogens (tertiary/aromatic N) is 1. The van der Waals surface area contributed by atoms with Gasteiger partial charge in [-0.2, -0.15) is 0 Å². The van der Waals surface area contributed by atoms with Gasteiger partial charge in [0.25, 0.3) is 0 Å². The Kier molecular flexibility index (Phi) is 2.08. The third-order valence-corrected chi connectivity index (χ3v) is 3.28. The Hall–Kier alpha value is -0.160. The fourth-order valence-corrected chi connectivity index (χ4v) is 2.26. The van der Waals surface area contributed by atoms with Gasteiger partial charge in [0.1, 0.15) is 0 Å². The molecule has 1 fully saturated rings. The third-order valence-electron chi connectivity index (χ3n) is 2.34. The molecule has 1 aliphatic rings. The zero-order valence-corrected chi connectivity index (χ0v) is 9.04. The highest BCUT2D eigenvalue weighted by atomic mass is 127. The van der Waals surface area contributed by atoms with Crippen molar-refractivity contribution in [2.24, 2.45) is 0 Å². The third kappa shape index (κ3) is 1.25. The molecule has 1 unspecified atom stereocenters. The number of hydrogen-bond acceptors (Lipinski definition) is 2. The van der Waals surface area contributed by atoms with Crippen LogP contribution in [0.1, 0.15) is 18.9 Å². The zero-order valence-electron chi connectivity index (χ0n) is 6.88. The minimum Gasteiger partial charge on any atom is -0.370 e. The summed E-state index contributed by atoms with van der Waals surface area (Å²) < 4.78 is 6.78. The number of hydrogen-bond donors (Lipinski definition) is 0. The number of ether oxygens (including phenoxy) is 1. The Morgan fingerprint density at radius 3 is 2.92 bits per heavy atom. The molecule has 2 rings (SSSR count). The van der Waals surface area contributed by atoms with E-state index in [0.29, 0.717) is 0 Å². The topological polar surface area (TPSA) is 22.1 Å². The molecule has 1 saturated heterocycles. The molecule has 1 aliphatic heterocycles. The van der Waals surface area contributed by atoms with Crippen LogP contribution in [0.4, 0.5) is 0 Å². The fraction of sp³-hybridized carbons (Fsp3) is 0.444. The molecule has 0 aromatic carbocycles. The van der Waals surface area contributed by atoms with E-state index in [0.717, 1.165) is 13.0 Å². The van der Waals surface area contributed by atoms with Gasteiger partial charge in [0.15, 0.2) is 0 Å². The molecule has 0 spiro atoms. The summed E-state index contributed by atoms with van der Waals surface area (Å²) >= 11 is 2.32. The number of halogens is 1. The first-order chi connectivity index (χ1) is 5.72. The van der Waals surface area contributed by atoms with Crippen molar-refractivity contribution in [3.05, 3.63) is 27.6 Å². The predicted octanol–water partition coefficient (Wildman–Crippen LogP) is 2.32. The van der Waals surface area contributed by atoms with Crippen LogP contribution in [0.15, 0.2) is 18.5 Å². The first-order valence-electron chi connectivity index (χ1n) is 3.96. The van der Waals surface area contributed by atoms with Crippen molar-refractivity contribution in [1.29, 1.82) is 0 Å². The normalized spacial score (nSPS) is 28.2. The summed E-state index contributed by atoms with van der Waals surface area (Å²) in [7, 11) is 0. The molecule has 0 radical (unpaired) electrons. The summed E-state index contributed by atoms with van der Waals surface area (Å²) in [5.74, 6) is 0. The molecule has 64 valence electrons. The van der Waals surface area contributed by atoms with Crippen LogP contribution in [0.5, 0.6) is 0 Å². The lowest BCUT2D eigenvalue weighted by Crippen LogP contribution is -2.38. The molecule has 1 aromatic heterocycles. The van der Waals surface area contributed by atoms with Gasteiger partial charge in [0.05, 0.1) is 12.2 Å². The number of aromatic nitrogens is 1. The van der Waals surface area contributed by atoms with Gasteiger partial charge in [-0.15, -0.1) is 0 Å². The maximum absolute atomic E-state index is 5.54. The maximum Gasteiger partial charge on any atom is 0.0950 e. The van der Waals surface area contributed by atoms with Crippen LogP contribution in [-0.2, 0) is 10.3 Å². The zero-order chi connectivity index (χ0) is 8.60. The van der Waals surface area contributed by atoms with Gasteiger partial charge in [0, 0.05) is 27.9 Å². The van der Waals surface area contributed by atoms with Crippen LogP contribution in [0.2, 0.25) is 0 Å². The Bertz CT molecular complexity index is 296. The van der Waals surface area contributed by atoms with Crippen LogP contribution in [0, 0.1) is 3.57 Å². The highest BCUT2D eigenvalue weighted by molar-refractivity contribution is 14.1. The first-order valence-corrected chi connectivity index (χ1v) is 5.04. The molecule has 2 nitrogen and oxygen atoms in total. The van der Waals surface area contributed by atoms with Gasteiger partial charge in [-0.3, -0.25) is 4.98 Å². The van der Waals surface area contributed by atoms with Gasteiger partial charge >= 0.3 is 0 Å². The molecule has 0 bridgehead atoms. The van der Waals surface area contributed by atoms with Crippen LogP contribution < -0.4 is 0 Å². The van der Waals surface area contributed by atoms with Crippen LogP contribution in [0.3, 0.4) is 0 Å². The van der Waals surface area contributed by atoms with Crippen LogP contribution in [0.25, 0.3) is 0 Å². The highest BCUT2D eigenvalue weighted by Crippen LogP contribution is 2.38. The monoisotopic (exact) mass is 275 g/mol. The van der Waals surface area contributed by atoms with E-state index in [1.165, 1.54) is 9.13 Å². The first kappa shape index (κ1) is 8.44. The maximum atomic E-state index is 5.54. The quantitative estimate of drug-likeness (QED) is 0.734. The molecule has 2 heterocycles. The molecule has 3 heteroatoms. The van der Waals surface area contributed by atoms with E-state index < -0.39 is 0 Å². The van der Waals surface area contributed by atoms with Crippen LogP contribution in [-0.4, -0.2) is 11.6 Å². The summed E-state index contributed by atoms with van der Waals surface area (Å²) in [5, 5.41) is 0. The predicted molar refractivity (Wildman–Crippen MR) is 54.9 cm³/mol. The second kappa shape index (κ2) is 2.96. The summed E-state index contributed by atoms with van der Waals surface area (Å²) in [6.45, 7) is 3.00. The molecule has 0 N–H and O–H groups in total. The Morgan fingerprint density at radius 1 is 1.67 bits per heavy atom. The summed E-state index contributed by atoms with van der Waals surface area (Å²) in [6.07, 6.45) is 4.82. The molecular weight excluding hydrogens is 265 g/mol. The van der Waals surface area contributed by atoms with Crippen molar-refractivity contribution in [1.82, 2.24) is 4.98 Å². The molecule has 1 aromatic rings. The molecule has 1 atom stereocenters. The van der Waals surface area contributed by atoms with Crippen molar-refractivity contribution < 1.29 is 4.74 Å². The van der Waals surface area contributed by atoms with E-state index in [2.05, 4.69) is 34.5 Å². The van der Waals surface area contributed by atoms with Crippen molar-refractivity contribution in [3.63, 3.8) is 0 Å². The summed E-state index contributed by atoms with van der Waals surface area (Å²) in [6, 6.07) is 2.02. The lowest BCUT2D eigenvalue weighted by molar-refractivity contribution is -0.141. The minimum atomic E-state index is -0.0647. The van der Waals surface area contributed by atoms with Crippen molar-refractivity contribution in [2.75, 3.05) is 6.61 Å². The fourth-order valence-electron chi connectivity index (χ4n) is 1.39. The lowest BCUT2D eigenvalue weighted by Gasteiger charge is -2.39.